The standard InChI is InChI=1S/C40H38N2O/c1-40(29-41,35-17-11-16-34(28-35)39(43)33-14-3-2-4-15-33)24-9-10-25-42-26-22-32(23-27-42)38-36-18-7-5-12-30(36)20-21-31-13-6-8-19-37(31)38/h2-8,11-21,28H,9-10,22-27H2,1H3. The van der Waals surface area contributed by atoms with Crippen LogP contribution in [0.3, 0.4) is 0 Å². The largest absolute Gasteiger partial charge is 0.303 e. The van der Waals surface area contributed by atoms with Gasteiger partial charge in [-0.2, -0.15) is 5.26 Å². The van der Waals surface area contributed by atoms with Crippen LogP contribution in [-0.2, 0) is 5.41 Å². The predicted octanol–water partition coefficient (Wildman–Crippen LogP) is 8.95. The number of piperidine rings is 1. The summed E-state index contributed by atoms with van der Waals surface area (Å²) in [5, 5.41) is 10.2. The number of hydrogen-bond acceptors (Lipinski definition) is 3. The van der Waals surface area contributed by atoms with Gasteiger partial charge in [0.1, 0.15) is 0 Å². The summed E-state index contributed by atoms with van der Waals surface area (Å²) in [5.41, 5.74) is 9.86. The highest BCUT2D eigenvalue weighted by molar-refractivity contribution is 6.09. The number of carbonyl (C=O) groups excluding carboxylic acids is 1. The molecule has 0 aromatic heterocycles. The second-order valence-corrected chi connectivity index (χ2v) is 12.0. The molecule has 0 amide bonds. The summed E-state index contributed by atoms with van der Waals surface area (Å²) in [5.74, 6) is -0.00531. The zero-order valence-corrected chi connectivity index (χ0v) is 24.9. The lowest BCUT2D eigenvalue weighted by molar-refractivity contribution is 0.103. The number of hydrogen-bond donors (Lipinski definition) is 0. The van der Waals surface area contributed by atoms with Crippen molar-refractivity contribution in [3.05, 3.63) is 148 Å². The summed E-state index contributed by atoms with van der Waals surface area (Å²) < 4.78 is 0. The van der Waals surface area contributed by atoms with Crippen LogP contribution < -0.4 is 0 Å². The summed E-state index contributed by atoms with van der Waals surface area (Å²) in [6.07, 6.45) is 9.47. The molecule has 43 heavy (non-hydrogen) atoms. The summed E-state index contributed by atoms with van der Waals surface area (Å²) in [7, 11) is 0. The minimum Gasteiger partial charge on any atom is -0.303 e. The molecule has 6 rings (SSSR count). The van der Waals surface area contributed by atoms with Crippen molar-refractivity contribution >= 4 is 23.5 Å². The van der Waals surface area contributed by atoms with E-state index in [2.05, 4.69) is 71.7 Å². The maximum Gasteiger partial charge on any atom is 0.193 e. The fourth-order valence-electron chi connectivity index (χ4n) is 6.58. The first-order chi connectivity index (χ1) is 21.1. The van der Waals surface area contributed by atoms with Crippen molar-refractivity contribution < 1.29 is 4.79 Å². The first-order valence-electron chi connectivity index (χ1n) is 15.5. The van der Waals surface area contributed by atoms with Gasteiger partial charge in [-0.15, -0.1) is 0 Å². The highest BCUT2D eigenvalue weighted by Crippen LogP contribution is 2.39. The molecule has 0 spiro atoms. The van der Waals surface area contributed by atoms with Crippen molar-refractivity contribution in [3.63, 3.8) is 0 Å². The predicted molar refractivity (Wildman–Crippen MR) is 177 cm³/mol. The fourth-order valence-corrected chi connectivity index (χ4v) is 6.58. The minimum atomic E-state index is -0.624. The third-order valence-corrected chi connectivity index (χ3v) is 9.16. The van der Waals surface area contributed by atoms with Crippen molar-refractivity contribution in [2.24, 2.45) is 0 Å². The molecule has 4 aromatic rings. The molecular formula is C40H38N2O. The van der Waals surface area contributed by atoms with Crippen LogP contribution in [0.5, 0.6) is 0 Å². The number of carbonyl (C=O) groups is 1. The van der Waals surface area contributed by atoms with E-state index in [1.54, 1.807) is 5.57 Å². The molecule has 4 aromatic carbocycles. The van der Waals surface area contributed by atoms with Crippen molar-refractivity contribution in [2.45, 2.75) is 44.4 Å². The van der Waals surface area contributed by atoms with Crippen LogP contribution in [0.1, 0.15) is 82.8 Å². The van der Waals surface area contributed by atoms with Gasteiger partial charge in [0.05, 0.1) is 11.5 Å². The number of likely N-dealkylation sites (tertiary alicyclic amines) is 1. The third kappa shape index (κ3) is 6.17. The lowest BCUT2D eigenvalue weighted by Crippen LogP contribution is -2.32. The summed E-state index contributed by atoms with van der Waals surface area (Å²) in [4.78, 5) is 15.6. The second-order valence-electron chi connectivity index (χ2n) is 12.0. The van der Waals surface area contributed by atoms with Gasteiger partial charge < -0.3 is 4.90 Å². The Hall–Kier alpha value is -4.52. The van der Waals surface area contributed by atoms with E-state index in [1.165, 1.54) is 27.8 Å². The summed E-state index contributed by atoms with van der Waals surface area (Å²) in [6.45, 7) is 5.19. The number of unbranched alkanes of at least 4 members (excludes halogenated alkanes) is 1. The molecule has 1 fully saturated rings. The van der Waals surface area contributed by atoms with Gasteiger partial charge in [0.25, 0.3) is 0 Å². The van der Waals surface area contributed by atoms with E-state index >= 15 is 0 Å². The van der Waals surface area contributed by atoms with Crippen LogP contribution in [0.4, 0.5) is 0 Å². The zero-order valence-electron chi connectivity index (χ0n) is 24.9. The highest BCUT2D eigenvalue weighted by Gasteiger charge is 2.27. The Kier molecular flexibility index (Phi) is 8.50. The first kappa shape index (κ1) is 28.6. The Morgan fingerprint density at radius 3 is 2.02 bits per heavy atom. The van der Waals surface area contributed by atoms with E-state index in [9.17, 15) is 10.1 Å². The summed E-state index contributed by atoms with van der Waals surface area (Å²) in [6, 6.07) is 37.1. The quantitative estimate of drug-likeness (QED) is 0.140. The number of nitriles is 1. The van der Waals surface area contributed by atoms with Crippen LogP contribution in [-0.4, -0.2) is 30.3 Å². The fraction of sp³-hybridized carbons (Fsp3) is 0.250. The van der Waals surface area contributed by atoms with E-state index in [4.69, 9.17) is 0 Å². The Morgan fingerprint density at radius 2 is 1.37 bits per heavy atom. The minimum absolute atomic E-state index is 0.00531. The Balaban J connectivity index is 1.08. The zero-order chi connectivity index (χ0) is 29.6. The van der Waals surface area contributed by atoms with E-state index in [0.29, 0.717) is 11.1 Å². The molecule has 3 heteroatoms. The van der Waals surface area contributed by atoms with Crippen LogP contribution in [0.15, 0.2) is 109 Å². The number of fused-ring (bicyclic) bond motifs is 2. The Morgan fingerprint density at radius 1 is 0.767 bits per heavy atom. The molecule has 1 unspecified atom stereocenters. The average molecular weight is 563 g/mol. The lowest BCUT2D eigenvalue weighted by Gasteiger charge is -2.31. The van der Waals surface area contributed by atoms with Gasteiger partial charge in [-0.3, -0.25) is 4.79 Å². The number of rotatable bonds is 8. The molecule has 2 aliphatic rings. The molecule has 1 atom stereocenters. The lowest BCUT2D eigenvalue weighted by atomic mass is 9.78. The van der Waals surface area contributed by atoms with Gasteiger partial charge in [-0.25, -0.2) is 0 Å². The second kappa shape index (κ2) is 12.8. The van der Waals surface area contributed by atoms with Crippen molar-refractivity contribution in [2.75, 3.05) is 19.6 Å². The molecule has 1 heterocycles. The van der Waals surface area contributed by atoms with E-state index in [0.717, 1.165) is 57.3 Å². The number of nitrogens with zero attached hydrogens (tertiary/aromatic N) is 2. The van der Waals surface area contributed by atoms with Gasteiger partial charge in [0.2, 0.25) is 0 Å². The normalized spacial score (nSPS) is 16.0. The van der Waals surface area contributed by atoms with E-state index < -0.39 is 5.41 Å². The Bertz CT molecular complexity index is 1660. The molecule has 0 radical (unpaired) electrons. The SMILES string of the molecule is CC(C#N)(CCCCN1CCC(=C2c3ccccc3C=Cc3ccccc32)CC1)c1cccc(C(=O)c2ccccc2)c1. The van der Waals surface area contributed by atoms with Gasteiger partial charge in [0.15, 0.2) is 5.78 Å². The average Bonchev–Trinajstić information content (AvgIpc) is 3.24. The monoisotopic (exact) mass is 562 g/mol. The van der Waals surface area contributed by atoms with Gasteiger partial charge in [0, 0.05) is 24.2 Å². The molecule has 0 bridgehead atoms. The molecule has 0 N–H and O–H groups in total. The van der Waals surface area contributed by atoms with Crippen molar-refractivity contribution in [3.8, 4) is 6.07 Å². The third-order valence-electron chi connectivity index (χ3n) is 9.16. The molecule has 214 valence electrons. The molecular weight excluding hydrogens is 524 g/mol. The maximum absolute atomic E-state index is 13.0. The van der Waals surface area contributed by atoms with Crippen molar-refractivity contribution in [1.29, 1.82) is 5.26 Å². The van der Waals surface area contributed by atoms with E-state index in [-0.39, 0.29) is 5.78 Å². The van der Waals surface area contributed by atoms with Gasteiger partial charge in [-0.1, -0.05) is 121 Å². The van der Waals surface area contributed by atoms with Gasteiger partial charge in [-0.05, 0) is 78.6 Å². The molecule has 3 nitrogen and oxygen atoms in total. The molecule has 0 saturated carbocycles. The summed E-state index contributed by atoms with van der Waals surface area (Å²) >= 11 is 0. The molecule has 1 aliphatic carbocycles. The highest BCUT2D eigenvalue weighted by atomic mass is 16.1. The first-order valence-corrected chi connectivity index (χ1v) is 15.5. The van der Waals surface area contributed by atoms with Crippen LogP contribution in [0, 0.1) is 11.3 Å². The van der Waals surface area contributed by atoms with Crippen molar-refractivity contribution in [1.82, 2.24) is 4.90 Å². The van der Waals surface area contributed by atoms with Crippen LogP contribution >= 0.6 is 0 Å². The van der Waals surface area contributed by atoms with Crippen LogP contribution in [0.2, 0.25) is 0 Å². The molecule has 1 aliphatic heterocycles. The van der Waals surface area contributed by atoms with Crippen LogP contribution in [0.25, 0.3) is 17.7 Å². The van der Waals surface area contributed by atoms with E-state index in [1.807, 2.05) is 61.5 Å². The number of benzene rings is 4. The smallest absolute Gasteiger partial charge is 0.193 e. The topological polar surface area (TPSA) is 44.1 Å². The maximum atomic E-state index is 13.0. The van der Waals surface area contributed by atoms with Gasteiger partial charge >= 0.3 is 0 Å². The Labute approximate surface area is 255 Å². The number of ketones is 1. The molecule has 1 saturated heterocycles.